The highest BCUT2D eigenvalue weighted by atomic mass is 16.5. The summed E-state index contributed by atoms with van der Waals surface area (Å²) in [5.74, 6) is -0.0178. The van der Waals surface area contributed by atoms with Crippen molar-refractivity contribution in [3.05, 3.63) is 24.3 Å². The molecule has 0 saturated carbocycles. The van der Waals surface area contributed by atoms with E-state index in [1.165, 1.54) is 340 Å². The third kappa shape index (κ3) is 67.5. The molecule has 0 saturated heterocycles. The van der Waals surface area contributed by atoms with Crippen LogP contribution in [0.25, 0.3) is 0 Å². The van der Waals surface area contributed by atoms with Gasteiger partial charge in [0.1, 0.15) is 0 Å². The lowest BCUT2D eigenvalue weighted by atomic mass is 10.0. The van der Waals surface area contributed by atoms with Crippen molar-refractivity contribution in [3.8, 4) is 0 Å². The Bertz CT molecular complexity index is 1280. The van der Waals surface area contributed by atoms with E-state index in [2.05, 4.69) is 43.5 Å². The number of carbonyl (C=O) groups excluding carboxylic acids is 2. The third-order valence-corrected chi connectivity index (χ3v) is 17.7. The van der Waals surface area contributed by atoms with Crippen LogP contribution in [0.15, 0.2) is 24.3 Å². The number of rotatable bonds is 71. The molecule has 0 heterocycles. The average molecular weight is 1160 g/mol. The van der Waals surface area contributed by atoms with Crippen LogP contribution in [0, 0.1) is 0 Å². The van der Waals surface area contributed by atoms with Gasteiger partial charge in [-0.15, -0.1) is 0 Å². The van der Waals surface area contributed by atoms with Crippen molar-refractivity contribution in [3.63, 3.8) is 0 Å². The maximum atomic E-state index is 12.5. The Morgan fingerprint density at radius 3 is 0.976 bits per heavy atom. The van der Waals surface area contributed by atoms with Crippen molar-refractivity contribution in [2.24, 2.45) is 0 Å². The SMILES string of the molecule is CCC/C=C\C/C=C\CCCCCCCC(=O)OCCCCCCCCCCCCCCCCCCCCCCCCCCCCCCCCCCCCCC(=O)NC(CO)C(O)CCCCCCCCCCCCCCCCCCC. The van der Waals surface area contributed by atoms with Crippen LogP contribution in [-0.4, -0.2) is 47.4 Å². The molecule has 0 aromatic carbocycles. The fraction of sp³-hybridized carbons (Fsp3) is 0.921. The number of allylic oxidation sites excluding steroid dienone is 4. The molecule has 0 bridgehead atoms. The van der Waals surface area contributed by atoms with Gasteiger partial charge in [-0.1, -0.05) is 385 Å². The standard InChI is InChI=1S/C76H147NO5/c1-3-5-7-9-11-13-15-17-18-38-41-45-48-52-56-60-64-68-74(79)73(72-78)77-75(80)69-65-61-57-53-49-46-42-39-36-34-32-30-28-26-24-22-20-19-21-23-25-27-29-31-33-35-37-40-43-47-51-55-59-63-67-71-82-76(81)70-66-62-58-54-50-44-16-14-12-10-8-6-4-2/h8,10,14,16,73-74,78-79H,3-7,9,11-13,15,17-72H2,1-2H3,(H,77,80)/b10-8-,16-14-. The minimum absolute atomic E-state index is 0.00779. The molecule has 486 valence electrons. The van der Waals surface area contributed by atoms with Crippen LogP contribution in [0.4, 0.5) is 0 Å². The molecule has 0 rings (SSSR count). The van der Waals surface area contributed by atoms with Crippen LogP contribution in [0.2, 0.25) is 0 Å². The Balaban J connectivity index is 3.31. The van der Waals surface area contributed by atoms with Crippen molar-refractivity contribution >= 4 is 11.9 Å². The predicted molar refractivity (Wildman–Crippen MR) is 361 cm³/mol. The van der Waals surface area contributed by atoms with Gasteiger partial charge in [-0.25, -0.2) is 0 Å². The van der Waals surface area contributed by atoms with Gasteiger partial charge in [0.2, 0.25) is 5.91 Å². The molecule has 0 aliphatic carbocycles. The van der Waals surface area contributed by atoms with Crippen molar-refractivity contribution in [2.75, 3.05) is 13.2 Å². The van der Waals surface area contributed by atoms with E-state index in [0.29, 0.717) is 25.9 Å². The molecule has 1 amide bonds. The fourth-order valence-corrected chi connectivity index (χ4v) is 12.0. The highest BCUT2D eigenvalue weighted by Crippen LogP contribution is 2.20. The second kappa shape index (κ2) is 71.8. The maximum absolute atomic E-state index is 12.5. The number of esters is 1. The number of ether oxygens (including phenoxy) is 1. The minimum Gasteiger partial charge on any atom is -0.466 e. The van der Waals surface area contributed by atoms with Gasteiger partial charge in [-0.05, 0) is 51.4 Å². The lowest BCUT2D eigenvalue weighted by Crippen LogP contribution is -2.45. The highest BCUT2D eigenvalue weighted by molar-refractivity contribution is 5.76. The molecule has 0 spiro atoms. The Morgan fingerprint density at radius 2 is 0.634 bits per heavy atom. The molecule has 0 radical (unpaired) electrons. The molecule has 2 atom stereocenters. The van der Waals surface area contributed by atoms with Crippen LogP contribution in [-0.2, 0) is 14.3 Å². The van der Waals surface area contributed by atoms with E-state index in [-0.39, 0.29) is 18.5 Å². The number of aliphatic hydroxyl groups is 2. The second-order valence-electron chi connectivity index (χ2n) is 26.0. The van der Waals surface area contributed by atoms with Crippen LogP contribution < -0.4 is 5.32 Å². The van der Waals surface area contributed by atoms with Gasteiger partial charge in [-0.3, -0.25) is 9.59 Å². The van der Waals surface area contributed by atoms with Crippen LogP contribution in [0.3, 0.4) is 0 Å². The van der Waals surface area contributed by atoms with Crippen molar-refractivity contribution < 1.29 is 24.5 Å². The summed E-state index contributed by atoms with van der Waals surface area (Å²) in [5, 5.41) is 23.4. The summed E-state index contributed by atoms with van der Waals surface area (Å²) in [4.78, 5) is 24.6. The molecular weight excluding hydrogens is 1010 g/mol. The predicted octanol–water partition coefficient (Wildman–Crippen LogP) is 24.5. The molecule has 0 aliphatic rings. The number of amides is 1. The Labute approximate surface area is 513 Å². The number of hydrogen-bond acceptors (Lipinski definition) is 5. The average Bonchev–Trinajstić information content (AvgIpc) is 3.48. The maximum Gasteiger partial charge on any atom is 0.305 e. The van der Waals surface area contributed by atoms with Gasteiger partial charge in [0.25, 0.3) is 0 Å². The highest BCUT2D eigenvalue weighted by Gasteiger charge is 2.20. The zero-order chi connectivity index (χ0) is 59.2. The molecular formula is C76H147NO5. The zero-order valence-corrected chi connectivity index (χ0v) is 55.8. The van der Waals surface area contributed by atoms with Crippen LogP contribution in [0.1, 0.15) is 425 Å². The van der Waals surface area contributed by atoms with E-state index < -0.39 is 12.1 Å². The quantitative estimate of drug-likeness (QED) is 0.0320. The first-order valence-electron chi connectivity index (χ1n) is 37.6. The molecule has 0 aromatic rings. The first kappa shape index (κ1) is 80.3. The third-order valence-electron chi connectivity index (χ3n) is 17.7. The molecule has 0 aliphatic heterocycles. The van der Waals surface area contributed by atoms with Gasteiger partial charge >= 0.3 is 5.97 Å². The number of unbranched alkanes of at least 4 members (excludes halogenated alkanes) is 56. The molecule has 6 nitrogen and oxygen atoms in total. The molecule has 3 N–H and O–H groups in total. The number of aliphatic hydroxyl groups excluding tert-OH is 2. The Kier molecular flexibility index (Phi) is 70.4. The molecule has 0 fully saturated rings. The van der Waals surface area contributed by atoms with Gasteiger partial charge in [0.15, 0.2) is 0 Å². The largest absolute Gasteiger partial charge is 0.466 e. The minimum atomic E-state index is -0.660. The monoisotopic (exact) mass is 1150 g/mol. The lowest BCUT2D eigenvalue weighted by Gasteiger charge is -2.22. The summed E-state index contributed by atoms with van der Waals surface area (Å²) in [5.41, 5.74) is 0. The lowest BCUT2D eigenvalue weighted by molar-refractivity contribution is -0.143. The van der Waals surface area contributed by atoms with Crippen molar-refractivity contribution in [1.82, 2.24) is 5.32 Å². The topological polar surface area (TPSA) is 95.9 Å². The summed E-state index contributed by atoms with van der Waals surface area (Å²) in [6.07, 6.45) is 91.2. The van der Waals surface area contributed by atoms with Gasteiger partial charge in [0, 0.05) is 12.8 Å². The summed E-state index contributed by atoms with van der Waals surface area (Å²) < 4.78 is 5.48. The first-order chi connectivity index (χ1) is 40.5. The van der Waals surface area contributed by atoms with Crippen molar-refractivity contribution in [2.45, 2.75) is 437 Å². The first-order valence-corrected chi connectivity index (χ1v) is 37.6. The van der Waals surface area contributed by atoms with E-state index in [4.69, 9.17) is 4.74 Å². The van der Waals surface area contributed by atoms with E-state index in [1.54, 1.807) is 0 Å². The van der Waals surface area contributed by atoms with Gasteiger partial charge in [-0.2, -0.15) is 0 Å². The Morgan fingerprint density at radius 1 is 0.341 bits per heavy atom. The number of carbonyl (C=O) groups is 2. The number of hydrogen-bond donors (Lipinski definition) is 3. The van der Waals surface area contributed by atoms with Crippen molar-refractivity contribution in [1.29, 1.82) is 0 Å². The summed E-state index contributed by atoms with van der Waals surface area (Å²) >= 11 is 0. The smallest absolute Gasteiger partial charge is 0.305 e. The van der Waals surface area contributed by atoms with E-state index >= 15 is 0 Å². The Hall–Kier alpha value is -1.66. The van der Waals surface area contributed by atoms with E-state index in [9.17, 15) is 19.8 Å². The normalized spacial score (nSPS) is 12.6. The summed E-state index contributed by atoms with van der Waals surface area (Å²) in [7, 11) is 0. The molecule has 0 aromatic heterocycles. The van der Waals surface area contributed by atoms with E-state index in [0.717, 1.165) is 51.4 Å². The summed E-state index contributed by atoms with van der Waals surface area (Å²) in [6, 6.07) is -0.537. The van der Waals surface area contributed by atoms with Crippen LogP contribution in [0.5, 0.6) is 0 Å². The zero-order valence-electron chi connectivity index (χ0n) is 55.8. The van der Waals surface area contributed by atoms with Gasteiger partial charge < -0.3 is 20.3 Å². The summed E-state index contributed by atoms with van der Waals surface area (Å²) in [6.45, 7) is 4.93. The second-order valence-corrected chi connectivity index (χ2v) is 26.0. The molecule has 82 heavy (non-hydrogen) atoms. The van der Waals surface area contributed by atoms with Crippen LogP contribution >= 0.6 is 0 Å². The molecule has 2 unspecified atom stereocenters. The number of nitrogens with one attached hydrogen (secondary N) is 1. The molecule has 6 heteroatoms. The van der Waals surface area contributed by atoms with E-state index in [1.807, 2.05) is 0 Å². The van der Waals surface area contributed by atoms with Gasteiger partial charge in [0.05, 0.1) is 25.4 Å². The fourth-order valence-electron chi connectivity index (χ4n) is 12.0.